The Labute approximate surface area is 210 Å². The Morgan fingerprint density at radius 2 is 1.89 bits per heavy atom. The molecule has 1 amide bonds. The molecule has 8 nitrogen and oxygen atoms in total. The standard InChI is InChI=1S/C28H30N4O4/c1-31(16-28(35)32-8-3-4-9-32)10-7-21-13-20(5-6-22(21)18-34)23-14-25-24(26(15-23)36-2)11-19(17-33)12-27(29)30-25/h5-7,10-11,13-15,17-18H,3-4,8-9,12,16H2,1-2H3,(H2,29,30)/b10-7-. The first kappa shape index (κ1) is 24.9. The third-order valence-corrected chi connectivity index (χ3v) is 6.37. The molecule has 0 saturated carbocycles. The van der Waals surface area contributed by atoms with E-state index < -0.39 is 0 Å². The number of methoxy groups -OCH3 is 1. The van der Waals surface area contributed by atoms with Crippen molar-refractivity contribution in [2.45, 2.75) is 19.3 Å². The molecular formula is C28H30N4O4. The van der Waals surface area contributed by atoms with Crippen molar-refractivity contribution in [3.8, 4) is 16.9 Å². The average molecular weight is 487 g/mol. The summed E-state index contributed by atoms with van der Waals surface area (Å²) in [4.78, 5) is 43.8. The summed E-state index contributed by atoms with van der Waals surface area (Å²) in [5, 5.41) is 0. The molecule has 2 aliphatic rings. The van der Waals surface area contributed by atoms with Crippen molar-refractivity contribution in [3.63, 3.8) is 0 Å². The average Bonchev–Trinajstić information content (AvgIpc) is 3.37. The quantitative estimate of drug-likeness (QED) is 0.571. The van der Waals surface area contributed by atoms with Crippen LogP contribution < -0.4 is 10.5 Å². The van der Waals surface area contributed by atoms with E-state index in [1.807, 2.05) is 53.4 Å². The number of hydrogen-bond donors (Lipinski definition) is 1. The summed E-state index contributed by atoms with van der Waals surface area (Å²) < 4.78 is 5.61. The van der Waals surface area contributed by atoms with Gasteiger partial charge in [0.1, 0.15) is 17.9 Å². The van der Waals surface area contributed by atoms with Crippen LogP contribution in [0.25, 0.3) is 23.3 Å². The lowest BCUT2D eigenvalue weighted by atomic mass is 9.97. The van der Waals surface area contributed by atoms with Gasteiger partial charge in [0.25, 0.3) is 0 Å². The number of likely N-dealkylation sites (N-methyl/N-ethyl adjacent to an activating group) is 1. The van der Waals surface area contributed by atoms with Gasteiger partial charge in [-0.25, -0.2) is 4.99 Å². The lowest BCUT2D eigenvalue weighted by Gasteiger charge is -2.20. The van der Waals surface area contributed by atoms with Gasteiger partial charge >= 0.3 is 0 Å². The number of benzene rings is 2. The first-order chi connectivity index (χ1) is 17.4. The summed E-state index contributed by atoms with van der Waals surface area (Å²) >= 11 is 0. The summed E-state index contributed by atoms with van der Waals surface area (Å²) in [5.74, 6) is 1.02. The molecule has 2 N–H and O–H groups in total. The van der Waals surface area contributed by atoms with Crippen molar-refractivity contribution < 1.29 is 19.1 Å². The van der Waals surface area contributed by atoms with Crippen LogP contribution >= 0.6 is 0 Å². The van der Waals surface area contributed by atoms with Gasteiger partial charge in [-0.05, 0) is 66.1 Å². The van der Waals surface area contributed by atoms with E-state index in [1.165, 1.54) is 0 Å². The van der Waals surface area contributed by atoms with E-state index in [0.717, 1.165) is 55.2 Å². The molecule has 2 aromatic carbocycles. The largest absolute Gasteiger partial charge is 0.496 e. The molecule has 1 saturated heterocycles. The highest BCUT2D eigenvalue weighted by Gasteiger charge is 2.19. The maximum atomic E-state index is 12.4. The molecule has 0 atom stereocenters. The molecule has 8 heteroatoms. The van der Waals surface area contributed by atoms with E-state index in [9.17, 15) is 14.4 Å². The number of amidine groups is 1. The van der Waals surface area contributed by atoms with Crippen LogP contribution in [-0.4, -0.2) is 67.9 Å². The van der Waals surface area contributed by atoms with Gasteiger partial charge in [0.2, 0.25) is 5.91 Å². The van der Waals surface area contributed by atoms with Crippen molar-refractivity contribution in [1.82, 2.24) is 9.80 Å². The lowest BCUT2D eigenvalue weighted by molar-refractivity contribution is -0.130. The van der Waals surface area contributed by atoms with Gasteiger partial charge in [0.05, 0.1) is 19.3 Å². The number of aliphatic imine (C=N–C) groups is 1. The fourth-order valence-corrected chi connectivity index (χ4v) is 4.45. The molecule has 2 aliphatic heterocycles. The summed E-state index contributed by atoms with van der Waals surface area (Å²) in [6.45, 7) is 1.92. The van der Waals surface area contributed by atoms with Gasteiger partial charge in [-0.2, -0.15) is 0 Å². The number of ether oxygens (including phenoxy) is 1. The van der Waals surface area contributed by atoms with E-state index in [-0.39, 0.29) is 18.9 Å². The summed E-state index contributed by atoms with van der Waals surface area (Å²) in [5.41, 5.74) is 10.8. The first-order valence-corrected chi connectivity index (χ1v) is 11.9. The minimum Gasteiger partial charge on any atom is -0.496 e. The first-order valence-electron chi connectivity index (χ1n) is 11.9. The fraction of sp³-hybridized carbons (Fsp3) is 0.286. The highest BCUT2D eigenvalue weighted by atomic mass is 16.5. The lowest BCUT2D eigenvalue weighted by Crippen LogP contribution is -2.35. The molecule has 4 rings (SSSR count). The molecule has 1 fully saturated rings. The molecule has 0 bridgehead atoms. The summed E-state index contributed by atoms with van der Waals surface area (Å²) in [6, 6.07) is 9.29. The second-order valence-corrected chi connectivity index (χ2v) is 9.01. The van der Waals surface area contributed by atoms with Gasteiger partial charge < -0.3 is 20.3 Å². The zero-order chi connectivity index (χ0) is 25.7. The van der Waals surface area contributed by atoms with Crippen molar-refractivity contribution in [3.05, 3.63) is 58.8 Å². The molecule has 0 spiro atoms. The second-order valence-electron chi connectivity index (χ2n) is 9.01. The van der Waals surface area contributed by atoms with Crippen molar-refractivity contribution >= 4 is 42.2 Å². The second kappa shape index (κ2) is 11.0. The van der Waals surface area contributed by atoms with Crippen molar-refractivity contribution in [1.29, 1.82) is 0 Å². The normalized spacial score (nSPS) is 15.1. The minimum absolute atomic E-state index is 0.104. The molecule has 0 aliphatic carbocycles. The van der Waals surface area contributed by atoms with Crippen LogP contribution in [0.3, 0.4) is 0 Å². The van der Waals surface area contributed by atoms with Crippen molar-refractivity contribution in [2.24, 2.45) is 10.7 Å². The molecule has 2 heterocycles. The van der Waals surface area contributed by atoms with Crippen molar-refractivity contribution in [2.75, 3.05) is 33.8 Å². The molecule has 36 heavy (non-hydrogen) atoms. The molecule has 0 radical (unpaired) electrons. The van der Waals surface area contributed by atoms with Crippen LogP contribution in [0.15, 0.2) is 47.1 Å². The van der Waals surface area contributed by atoms with Crippen LogP contribution in [0.1, 0.15) is 40.7 Å². The number of rotatable bonds is 8. The Morgan fingerprint density at radius 1 is 1.11 bits per heavy atom. The summed E-state index contributed by atoms with van der Waals surface area (Å²) in [7, 11) is 3.41. The van der Waals surface area contributed by atoms with E-state index >= 15 is 0 Å². The van der Waals surface area contributed by atoms with E-state index in [1.54, 1.807) is 19.3 Å². The third kappa shape index (κ3) is 5.54. The number of hydrogen-bond acceptors (Lipinski definition) is 7. The molecule has 0 unspecified atom stereocenters. The Balaban J connectivity index is 1.65. The highest BCUT2D eigenvalue weighted by molar-refractivity contribution is 5.99. The Morgan fingerprint density at radius 3 is 2.58 bits per heavy atom. The predicted molar refractivity (Wildman–Crippen MR) is 141 cm³/mol. The van der Waals surface area contributed by atoms with Gasteiger partial charge in [0, 0.05) is 43.3 Å². The molecule has 186 valence electrons. The Kier molecular flexibility index (Phi) is 7.63. The van der Waals surface area contributed by atoms with Crippen LogP contribution in [0.2, 0.25) is 0 Å². The maximum Gasteiger partial charge on any atom is 0.242 e. The van der Waals surface area contributed by atoms with Crippen LogP contribution in [0, 0.1) is 0 Å². The van der Waals surface area contributed by atoms with E-state index in [0.29, 0.717) is 34.0 Å². The zero-order valence-corrected chi connectivity index (χ0v) is 20.6. The van der Waals surface area contributed by atoms with Gasteiger partial charge in [-0.3, -0.25) is 14.4 Å². The zero-order valence-electron chi connectivity index (χ0n) is 20.6. The van der Waals surface area contributed by atoms with Crippen LogP contribution in [0.4, 0.5) is 5.69 Å². The fourth-order valence-electron chi connectivity index (χ4n) is 4.45. The third-order valence-electron chi connectivity index (χ3n) is 6.37. The topological polar surface area (TPSA) is 105 Å². The molecule has 0 aromatic heterocycles. The number of nitrogens with two attached hydrogens (primary N) is 1. The van der Waals surface area contributed by atoms with Gasteiger partial charge in [-0.15, -0.1) is 0 Å². The van der Waals surface area contributed by atoms with Crippen LogP contribution in [0.5, 0.6) is 5.75 Å². The number of likely N-dealkylation sites (tertiary alicyclic amines) is 1. The number of carbonyl (C=O) groups excluding carboxylic acids is 3. The molecular weight excluding hydrogens is 456 g/mol. The monoisotopic (exact) mass is 486 g/mol. The smallest absolute Gasteiger partial charge is 0.242 e. The Hall–Kier alpha value is -4.20. The number of fused-ring (bicyclic) bond motifs is 1. The Bertz CT molecular complexity index is 1270. The highest BCUT2D eigenvalue weighted by Crippen LogP contribution is 2.38. The van der Waals surface area contributed by atoms with E-state index in [2.05, 4.69) is 4.99 Å². The van der Waals surface area contributed by atoms with Crippen LogP contribution in [-0.2, 0) is 9.59 Å². The summed E-state index contributed by atoms with van der Waals surface area (Å²) in [6.07, 6.45) is 9.37. The van der Waals surface area contributed by atoms with E-state index in [4.69, 9.17) is 10.5 Å². The maximum absolute atomic E-state index is 12.4. The number of carbonyl (C=O) groups is 3. The molecule has 2 aromatic rings. The number of aldehydes is 2. The number of amides is 1. The minimum atomic E-state index is 0.104. The predicted octanol–water partition coefficient (Wildman–Crippen LogP) is 3.67. The van der Waals surface area contributed by atoms with Gasteiger partial charge in [0.15, 0.2) is 6.29 Å². The number of nitrogens with zero attached hydrogens (tertiary/aromatic N) is 3. The SMILES string of the molecule is COc1cc(-c2ccc(C=O)c(/C=C\N(C)CC(=O)N3CCCC3)c2)cc2c1C=C(C=O)CC(N)=N2. The van der Waals surface area contributed by atoms with Gasteiger partial charge in [-0.1, -0.05) is 12.1 Å².